The highest BCUT2D eigenvalue weighted by Gasteiger charge is 2.26. The monoisotopic (exact) mass is 294 g/mol. The summed E-state index contributed by atoms with van der Waals surface area (Å²) in [7, 11) is 3.65. The first kappa shape index (κ1) is 13.4. The molecule has 0 amide bonds. The van der Waals surface area contributed by atoms with Crippen LogP contribution in [0, 0.1) is 0 Å². The van der Waals surface area contributed by atoms with Crippen LogP contribution in [0.25, 0.3) is 0 Å². The standard InChI is InChI=1S/C12H18N6OS/c1-17-8-13-15-11(17)9-4-3-5-18(6-9)12-14-10(7-19-2)16-20-12/h8-9H,3-7H2,1-2H3/t9-/m0/s1. The lowest BCUT2D eigenvalue weighted by molar-refractivity contribution is 0.179. The normalized spacial score (nSPS) is 19.5. The topological polar surface area (TPSA) is 69.0 Å². The Morgan fingerprint density at radius 1 is 1.50 bits per heavy atom. The van der Waals surface area contributed by atoms with E-state index in [0.29, 0.717) is 12.5 Å². The first-order chi connectivity index (χ1) is 9.78. The molecule has 0 saturated carbocycles. The number of aryl methyl sites for hydroxylation is 1. The van der Waals surface area contributed by atoms with E-state index in [0.717, 1.165) is 42.7 Å². The Morgan fingerprint density at radius 3 is 3.15 bits per heavy atom. The molecule has 1 aliphatic rings. The predicted octanol–water partition coefficient (Wildman–Crippen LogP) is 1.20. The Bertz CT molecular complexity index is 568. The zero-order chi connectivity index (χ0) is 13.9. The quantitative estimate of drug-likeness (QED) is 0.844. The van der Waals surface area contributed by atoms with Crippen LogP contribution in [0.5, 0.6) is 0 Å². The average Bonchev–Trinajstić information content (AvgIpc) is 3.08. The van der Waals surface area contributed by atoms with Gasteiger partial charge in [0.1, 0.15) is 18.8 Å². The van der Waals surface area contributed by atoms with Gasteiger partial charge >= 0.3 is 0 Å². The summed E-state index contributed by atoms with van der Waals surface area (Å²) < 4.78 is 11.4. The van der Waals surface area contributed by atoms with Gasteiger partial charge < -0.3 is 14.2 Å². The van der Waals surface area contributed by atoms with Crippen LogP contribution in [-0.4, -0.2) is 44.3 Å². The lowest BCUT2D eigenvalue weighted by Gasteiger charge is -2.31. The van der Waals surface area contributed by atoms with Crippen molar-refractivity contribution in [2.45, 2.75) is 25.4 Å². The molecule has 7 nitrogen and oxygen atoms in total. The molecule has 8 heteroatoms. The minimum atomic E-state index is 0.408. The highest BCUT2D eigenvalue weighted by atomic mass is 32.1. The molecule has 108 valence electrons. The largest absolute Gasteiger partial charge is 0.377 e. The second kappa shape index (κ2) is 5.84. The number of nitrogens with zero attached hydrogens (tertiary/aromatic N) is 6. The van der Waals surface area contributed by atoms with Gasteiger partial charge in [-0.05, 0) is 12.8 Å². The minimum absolute atomic E-state index is 0.408. The van der Waals surface area contributed by atoms with Gasteiger partial charge in [-0.3, -0.25) is 0 Å². The third-order valence-electron chi connectivity index (χ3n) is 3.53. The lowest BCUT2D eigenvalue weighted by atomic mass is 9.97. The first-order valence-electron chi connectivity index (χ1n) is 6.68. The molecule has 0 aliphatic carbocycles. The number of hydrogen-bond donors (Lipinski definition) is 0. The van der Waals surface area contributed by atoms with Crippen molar-refractivity contribution in [3.05, 3.63) is 18.0 Å². The van der Waals surface area contributed by atoms with Crippen molar-refractivity contribution in [3.63, 3.8) is 0 Å². The van der Waals surface area contributed by atoms with Crippen LogP contribution in [0.2, 0.25) is 0 Å². The summed E-state index contributed by atoms with van der Waals surface area (Å²) >= 11 is 1.44. The zero-order valence-electron chi connectivity index (χ0n) is 11.7. The zero-order valence-corrected chi connectivity index (χ0v) is 12.5. The molecule has 3 heterocycles. The highest BCUT2D eigenvalue weighted by Crippen LogP contribution is 2.29. The third-order valence-corrected chi connectivity index (χ3v) is 4.35. The van der Waals surface area contributed by atoms with Gasteiger partial charge in [-0.1, -0.05) is 0 Å². The van der Waals surface area contributed by atoms with Crippen molar-refractivity contribution in [3.8, 4) is 0 Å². The van der Waals surface area contributed by atoms with E-state index in [1.807, 2.05) is 11.6 Å². The third kappa shape index (κ3) is 2.66. The molecule has 1 atom stereocenters. The van der Waals surface area contributed by atoms with E-state index < -0.39 is 0 Å². The van der Waals surface area contributed by atoms with Gasteiger partial charge in [0, 0.05) is 44.7 Å². The second-order valence-electron chi connectivity index (χ2n) is 5.01. The van der Waals surface area contributed by atoms with Crippen molar-refractivity contribution in [2.75, 3.05) is 25.1 Å². The van der Waals surface area contributed by atoms with Crippen molar-refractivity contribution in [2.24, 2.45) is 7.05 Å². The molecule has 1 aliphatic heterocycles. The number of piperidine rings is 1. The van der Waals surface area contributed by atoms with Gasteiger partial charge in [0.15, 0.2) is 5.82 Å². The minimum Gasteiger partial charge on any atom is -0.377 e. The van der Waals surface area contributed by atoms with Gasteiger partial charge in [-0.25, -0.2) is 4.98 Å². The molecule has 1 saturated heterocycles. The lowest BCUT2D eigenvalue weighted by Crippen LogP contribution is -2.35. The molecule has 0 bridgehead atoms. The predicted molar refractivity (Wildman–Crippen MR) is 75.8 cm³/mol. The van der Waals surface area contributed by atoms with Crippen molar-refractivity contribution in [1.29, 1.82) is 0 Å². The number of methoxy groups -OCH3 is 1. The van der Waals surface area contributed by atoms with Gasteiger partial charge in [0.05, 0.1) is 0 Å². The Labute approximate surface area is 121 Å². The van der Waals surface area contributed by atoms with E-state index in [2.05, 4.69) is 24.5 Å². The maximum atomic E-state index is 5.07. The SMILES string of the molecule is COCc1nsc(N2CCC[C@H](c3nncn3C)C2)n1. The van der Waals surface area contributed by atoms with Crippen LogP contribution in [0.15, 0.2) is 6.33 Å². The summed E-state index contributed by atoms with van der Waals surface area (Å²) in [5.41, 5.74) is 0. The number of ether oxygens (including phenoxy) is 1. The van der Waals surface area contributed by atoms with Crippen LogP contribution >= 0.6 is 11.5 Å². The van der Waals surface area contributed by atoms with E-state index in [9.17, 15) is 0 Å². The Hall–Kier alpha value is -1.54. The Balaban J connectivity index is 1.73. The second-order valence-corrected chi connectivity index (χ2v) is 5.74. The fourth-order valence-corrected chi connectivity index (χ4v) is 3.29. The fourth-order valence-electron chi connectivity index (χ4n) is 2.58. The average molecular weight is 294 g/mol. The molecule has 0 unspecified atom stereocenters. The molecule has 2 aromatic heterocycles. The summed E-state index contributed by atoms with van der Waals surface area (Å²) in [5.74, 6) is 2.22. The van der Waals surface area contributed by atoms with Crippen LogP contribution in [0.1, 0.15) is 30.4 Å². The van der Waals surface area contributed by atoms with E-state index in [1.165, 1.54) is 11.5 Å². The Morgan fingerprint density at radius 2 is 2.40 bits per heavy atom. The summed E-state index contributed by atoms with van der Waals surface area (Å²) in [6.45, 7) is 2.42. The van der Waals surface area contributed by atoms with Gasteiger partial charge in [-0.2, -0.15) is 4.37 Å². The van der Waals surface area contributed by atoms with E-state index in [-0.39, 0.29) is 0 Å². The highest BCUT2D eigenvalue weighted by molar-refractivity contribution is 7.09. The molecule has 1 fully saturated rings. The summed E-state index contributed by atoms with van der Waals surface area (Å²) in [6.07, 6.45) is 4.04. The molecule has 0 aromatic carbocycles. The van der Waals surface area contributed by atoms with E-state index in [4.69, 9.17) is 4.74 Å². The molecule has 0 radical (unpaired) electrons. The van der Waals surface area contributed by atoms with Crippen molar-refractivity contribution in [1.82, 2.24) is 24.1 Å². The van der Waals surface area contributed by atoms with Crippen LogP contribution in [0.4, 0.5) is 5.13 Å². The number of aromatic nitrogens is 5. The van der Waals surface area contributed by atoms with Gasteiger partial charge in [0.2, 0.25) is 5.13 Å². The Kier molecular flexibility index (Phi) is 3.93. The van der Waals surface area contributed by atoms with Gasteiger partial charge in [0.25, 0.3) is 0 Å². The molecule has 20 heavy (non-hydrogen) atoms. The maximum Gasteiger partial charge on any atom is 0.205 e. The molecule has 0 N–H and O–H groups in total. The van der Waals surface area contributed by atoms with Crippen LogP contribution in [0.3, 0.4) is 0 Å². The van der Waals surface area contributed by atoms with Crippen LogP contribution < -0.4 is 4.90 Å². The van der Waals surface area contributed by atoms with Crippen molar-refractivity contribution >= 4 is 16.7 Å². The number of anilines is 1. The number of hydrogen-bond acceptors (Lipinski definition) is 7. The smallest absolute Gasteiger partial charge is 0.205 e. The molecule has 2 aromatic rings. The number of rotatable bonds is 4. The van der Waals surface area contributed by atoms with Gasteiger partial charge in [-0.15, -0.1) is 10.2 Å². The van der Waals surface area contributed by atoms with Crippen molar-refractivity contribution < 1.29 is 4.74 Å². The van der Waals surface area contributed by atoms with E-state index >= 15 is 0 Å². The summed E-state index contributed by atoms with van der Waals surface area (Å²) in [4.78, 5) is 6.82. The molecular weight excluding hydrogens is 276 g/mol. The molecule has 3 rings (SSSR count). The first-order valence-corrected chi connectivity index (χ1v) is 7.45. The van der Waals surface area contributed by atoms with Crippen LogP contribution in [-0.2, 0) is 18.4 Å². The molecule has 0 spiro atoms. The summed E-state index contributed by atoms with van der Waals surface area (Å²) in [6, 6.07) is 0. The summed E-state index contributed by atoms with van der Waals surface area (Å²) in [5, 5.41) is 9.19. The van der Waals surface area contributed by atoms with E-state index in [1.54, 1.807) is 13.4 Å². The molecular formula is C12H18N6OS. The maximum absolute atomic E-state index is 5.07. The fraction of sp³-hybridized carbons (Fsp3) is 0.667.